The number of nitrogens with one attached hydrogen (secondary N) is 1. The van der Waals surface area contributed by atoms with E-state index in [0.29, 0.717) is 11.1 Å². The highest BCUT2D eigenvalue weighted by molar-refractivity contribution is 8.00. The first-order valence-electron chi connectivity index (χ1n) is 4.81. The van der Waals surface area contributed by atoms with E-state index in [2.05, 4.69) is 15.2 Å². The van der Waals surface area contributed by atoms with E-state index in [1.54, 1.807) is 13.1 Å². The lowest BCUT2D eigenvalue weighted by Crippen LogP contribution is -2.07. The molecule has 6 heteroatoms. The molecule has 16 heavy (non-hydrogen) atoms. The maximum Gasteiger partial charge on any atom is 0.277 e. The van der Waals surface area contributed by atoms with Gasteiger partial charge in [0.15, 0.2) is 0 Å². The van der Waals surface area contributed by atoms with Crippen molar-refractivity contribution in [3.63, 3.8) is 0 Å². The van der Waals surface area contributed by atoms with Crippen LogP contribution < -0.4 is 0 Å². The Morgan fingerprint density at radius 1 is 1.56 bits per heavy atom. The number of ketones is 1. The van der Waals surface area contributed by atoms with Crippen molar-refractivity contribution in [3.05, 3.63) is 18.3 Å². The van der Waals surface area contributed by atoms with E-state index >= 15 is 0 Å². The first-order chi connectivity index (χ1) is 7.66. The number of hydrogen-bond acceptors (Lipinski definition) is 5. The molecule has 0 spiro atoms. The lowest BCUT2D eigenvalue weighted by Gasteiger charge is -2.00. The Morgan fingerprint density at radius 2 is 2.38 bits per heavy atom. The number of thioether (sulfide) groups is 1. The molecule has 0 amide bonds. The van der Waals surface area contributed by atoms with Gasteiger partial charge >= 0.3 is 0 Å². The quantitative estimate of drug-likeness (QED) is 0.825. The summed E-state index contributed by atoms with van der Waals surface area (Å²) >= 11 is 1.27. The molecular formula is C10H11N3O2S. The highest BCUT2D eigenvalue weighted by atomic mass is 32.2. The van der Waals surface area contributed by atoms with Gasteiger partial charge in [-0.1, -0.05) is 11.8 Å². The average molecular weight is 237 g/mol. The number of hydrogen-bond donors (Lipinski definition) is 1. The van der Waals surface area contributed by atoms with Gasteiger partial charge in [0, 0.05) is 6.20 Å². The zero-order chi connectivity index (χ0) is 11.5. The molecule has 0 aromatic carbocycles. The summed E-state index contributed by atoms with van der Waals surface area (Å²) in [5.74, 6) is 0.521. The van der Waals surface area contributed by atoms with Crippen LogP contribution in [-0.4, -0.2) is 26.2 Å². The molecule has 0 unspecified atom stereocenters. The lowest BCUT2D eigenvalue weighted by molar-refractivity contribution is -0.116. The highest BCUT2D eigenvalue weighted by Gasteiger charge is 2.15. The van der Waals surface area contributed by atoms with E-state index in [9.17, 15) is 4.79 Å². The fourth-order valence-electron chi connectivity index (χ4n) is 1.06. The van der Waals surface area contributed by atoms with Crippen molar-refractivity contribution in [1.82, 2.24) is 15.2 Å². The summed E-state index contributed by atoms with van der Waals surface area (Å²) in [6.07, 6.45) is 1.78. The molecular weight excluding hydrogens is 226 g/mol. The molecule has 0 aliphatic heterocycles. The lowest BCUT2D eigenvalue weighted by atomic mass is 10.3. The Labute approximate surface area is 96.6 Å². The molecule has 0 saturated carbocycles. The summed E-state index contributed by atoms with van der Waals surface area (Å²) in [4.78, 5) is 14.0. The van der Waals surface area contributed by atoms with Crippen LogP contribution in [0.5, 0.6) is 0 Å². The smallest absolute Gasteiger partial charge is 0.277 e. The molecule has 0 fully saturated rings. The molecule has 5 nitrogen and oxygen atoms in total. The second-order valence-corrected chi connectivity index (χ2v) is 4.62. The van der Waals surface area contributed by atoms with E-state index in [0.717, 1.165) is 5.69 Å². The van der Waals surface area contributed by atoms with E-state index in [-0.39, 0.29) is 11.0 Å². The third-order valence-electron chi connectivity index (χ3n) is 2.08. The summed E-state index contributed by atoms with van der Waals surface area (Å²) in [6, 6.07) is 3.70. The van der Waals surface area contributed by atoms with Crippen LogP contribution in [0, 0.1) is 0 Å². The fourth-order valence-corrected chi connectivity index (χ4v) is 1.75. The van der Waals surface area contributed by atoms with Crippen molar-refractivity contribution in [1.29, 1.82) is 0 Å². The predicted molar refractivity (Wildman–Crippen MR) is 60.1 cm³/mol. The molecule has 2 aromatic heterocycles. The average Bonchev–Trinajstić information content (AvgIpc) is 2.85. The van der Waals surface area contributed by atoms with Crippen LogP contribution in [0.25, 0.3) is 11.6 Å². The van der Waals surface area contributed by atoms with Crippen molar-refractivity contribution in [2.24, 2.45) is 0 Å². The zero-order valence-electron chi connectivity index (χ0n) is 8.93. The number of aromatic nitrogens is 3. The van der Waals surface area contributed by atoms with Crippen LogP contribution in [0.15, 0.2) is 28.0 Å². The van der Waals surface area contributed by atoms with Crippen LogP contribution >= 0.6 is 11.8 Å². The second-order valence-electron chi connectivity index (χ2n) is 3.33. The SMILES string of the molecule is CC(=O)[C@@H](C)Sc1nnc(-c2ccc[nH]2)o1. The Hall–Kier alpha value is -1.56. The first kappa shape index (κ1) is 10.9. The molecule has 0 aliphatic carbocycles. The fraction of sp³-hybridized carbons (Fsp3) is 0.300. The van der Waals surface area contributed by atoms with E-state index in [1.165, 1.54) is 11.8 Å². The van der Waals surface area contributed by atoms with Crippen LogP contribution in [0.3, 0.4) is 0 Å². The minimum Gasteiger partial charge on any atom is -0.410 e. The minimum atomic E-state index is -0.169. The van der Waals surface area contributed by atoms with Crippen molar-refractivity contribution < 1.29 is 9.21 Å². The zero-order valence-corrected chi connectivity index (χ0v) is 9.75. The van der Waals surface area contributed by atoms with Gasteiger partial charge in [-0.05, 0) is 26.0 Å². The molecule has 84 valence electrons. The predicted octanol–water partition coefficient (Wildman–Crippen LogP) is 2.13. The van der Waals surface area contributed by atoms with Crippen molar-refractivity contribution in [2.75, 3.05) is 0 Å². The van der Waals surface area contributed by atoms with Gasteiger partial charge in [-0.2, -0.15) is 0 Å². The van der Waals surface area contributed by atoms with Crippen LogP contribution in [0.4, 0.5) is 0 Å². The normalized spacial score (nSPS) is 12.6. The second kappa shape index (κ2) is 4.52. The molecule has 2 aromatic rings. The van der Waals surface area contributed by atoms with Gasteiger partial charge < -0.3 is 9.40 Å². The van der Waals surface area contributed by atoms with E-state index in [4.69, 9.17) is 4.42 Å². The monoisotopic (exact) mass is 237 g/mol. The van der Waals surface area contributed by atoms with E-state index < -0.39 is 0 Å². The molecule has 2 rings (SSSR count). The van der Waals surface area contributed by atoms with E-state index in [1.807, 2.05) is 19.1 Å². The maximum atomic E-state index is 11.1. The maximum absolute atomic E-state index is 11.1. The topological polar surface area (TPSA) is 71.8 Å². The highest BCUT2D eigenvalue weighted by Crippen LogP contribution is 2.25. The molecule has 1 atom stereocenters. The van der Waals surface area contributed by atoms with Gasteiger partial charge in [0.1, 0.15) is 11.5 Å². The number of H-pyrrole nitrogens is 1. The third kappa shape index (κ3) is 2.33. The summed E-state index contributed by atoms with van der Waals surface area (Å²) < 4.78 is 5.41. The number of nitrogens with zero attached hydrogens (tertiary/aromatic N) is 2. The summed E-state index contributed by atoms with van der Waals surface area (Å²) in [5.41, 5.74) is 0.773. The number of carbonyl (C=O) groups excluding carboxylic acids is 1. The Morgan fingerprint density at radius 3 is 3.00 bits per heavy atom. The van der Waals surface area contributed by atoms with Crippen LogP contribution in [0.1, 0.15) is 13.8 Å². The largest absolute Gasteiger partial charge is 0.410 e. The third-order valence-corrected chi connectivity index (χ3v) is 3.14. The Kier molecular flexibility index (Phi) is 3.09. The summed E-state index contributed by atoms with van der Waals surface area (Å²) in [5, 5.41) is 8.00. The van der Waals surface area contributed by atoms with Crippen LogP contribution in [-0.2, 0) is 4.79 Å². The van der Waals surface area contributed by atoms with Crippen molar-refractivity contribution in [2.45, 2.75) is 24.3 Å². The van der Waals surface area contributed by atoms with Crippen molar-refractivity contribution in [3.8, 4) is 11.6 Å². The molecule has 2 heterocycles. The Bertz CT molecular complexity index is 478. The van der Waals surface area contributed by atoms with Gasteiger partial charge in [0.25, 0.3) is 11.1 Å². The number of rotatable bonds is 4. The summed E-state index contributed by atoms with van der Waals surface area (Å²) in [6.45, 7) is 3.35. The number of carbonyl (C=O) groups is 1. The molecule has 0 saturated heterocycles. The standard InChI is InChI=1S/C10H11N3O2S/c1-6(14)7(2)16-10-13-12-9(15-10)8-4-3-5-11-8/h3-5,7,11H,1-2H3/t7-/m1/s1. The van der Waals surface area contributed by atoms with Crippen molar-refractivity contribution >= 4 is 17.5 Å². The molecule has 0 bridgehead atoms. The number of aromatic amines is 1. The van der Waals surface area contributed by atoms with Gasteiger partial charge in [-0.3, -0.25) is 4.79 Å². The van der Waals surface area contributed by atoms with Gasteiger partial charge in [-0.25, -0.2) is 0 Å². The van der Waals surface area contributed by atoms with Gasteiger partial charge in [0.05, 0.1) is 5.25 Å². The van der Waals surface area contributed by atoms with Crippen LogP contribution in [0.2, 0.25) is 0 Å². The first-order valence-corrected chi connectivity index (χ1v) is 5.69. The van der Waals surface area contributed by atoms with Gasteiger partial charge in [0.2, 0.25) is 0 Å². The molecule has 1 N–H and O–H groups in total. The van der Waals surface area contributed by atoms with Gasteiger partial charge in [-0.15, -0.1) is 10.2 Å². The minimum absolute atomic E-state index is 0.0876. The number of Topliss-reactive ketones (excluding diaryl/α,β-unsaturated/α-hetero) is 1. The Balaban J connectivity index is 2.11. The molecule has 0 aliphatic rings. The molecule has 0 radical (unpaired) electrons. The summed E-state index contributed by atoms with van der Waals surface area (Å²) in [7, 11) is 0.